The Bertz CT molecular complexity index is 649. The van der Waals surface area contributed by atoms with E-state index < -0.39 is 5.97 Å². The molecule has 0 aliphatic carbocycles. The third kappa shape index (κ3) is 3.14. The second-order valence-corrected chi connectivity index (χ2v) is 5.19. The molecule has 0 bridgehead atoms. The van der Waals surface area contributed by atoms with Crippen LogP contribution in [0.2, 0.25) is 0 Å². The minimum absolute atomic E-state index is 0.0678. The van der Waals surface area contributed by atoms with Gasteiger partial charge in [0.2, 0.25) is 0 Å². The van der Waals surface area contributed by atoms with Crippen LogP contribution in [0.4, 0.5) is 10.2 Å². The molecule has 4 nitrogen and oxygen atoms in total. The summed E-state index contributed by atoms with van der Waals surface area (Å²) in [6.07, 6.45) is 1.51. The van der Waals surface area contributed by atoms with E-state index in [1.54, 1.807) is 30.1 Å². The molecule has 2 rings (SSSR count). The minimum Gasteiger partial charge on any atom is -0.478 e. The predicted molar refractivity (Wildman–Crippen MR) is 77.4 cm³/mol. The van der Waals surface area contributed by atoms with E-state index in [4.69, 9.17) is 0 Å². The van der Waals surface area contributed by atoms with Crippen molar-refractivity contribution in [2.24, 2.45) is 0 Å². The number of aromatic carboxylic acids is 1. The van der Waals surface area contributed by atoms with Crippen LogP contribution >= 0.6 is 15.9 Å². The monoisotopic (exact) mass is 338 g/mol. The Morgan fingerprint density at radius 3 is 2.80 bits per heavy atom. The van der Waals surface area contributed by atoms with Crippen molar-refractivity contribution in [2.75, 3.05) is 11.9 Å². The lowest BCUT2D eigenvalue weighted by Gasteiger charge is -2.20. The number of hydrogen-bond acceptors (Lipinski definition) is 3. The molecule has 1 aromatic heterocycles. The van der Waals surface area contributed by atoms with Crippen LogP contribution in [0, 0.1) is 5.82 Å². The Hall–Kier alpha value is -1.95. The molecule has 0 aliphatic heterocycles. The van der Waals surface area contributed by atoms with Crippen molar-refractivity contribution in [1.82, 2.24) is 4.98 Å². The van der Waals surface area contributed by atoms with Crippen LogP contribution in [0.25, 0.3) is 0 Å². The Balaban J connectivity index is 2.32. The molecule has 0 atom stereocenters. The van der Waals surface area contributed by atoms with Crippen molar-refractivity contribution < 1.29 is 14.3 Å². The van der Waals surface area contributed by atoms with Crippen molar-refractivity contribution in [2.45, 2.75) is 6.54 Å². The molecule has 0 unspecified atom stereocenters. The number of carboxylic acid groups (broad SMARTS) is 1. The first-order valence-electron chi connectivity index (χ1n) is 5.82. The van der Waals surface area contributed by atoms with Gasteiger partial charge in [-0.05, 0) is 28.1 Å². The average Bonchev–Trinajstić information content (AvgIpc) is 2.41. The highest BCUT2D eigenvalue weighted by molar-refractivity contribution is 9.10. The molecular weight excluding hydrogens is 327 g/mol. The van der Waals surface area contributed by atoms with Crippen molar-refractivity contribution in [1.29, 1.82) is 0 Å². The summed E-state index contributed by atoms with van der Waals surface area (Å²) in [4.78, 5) is 16.9. The van der Waals surface area contributed by atoms with E-state index in [1.807, 2.05) is 0 Å². The summed E-state index contributed by atoms with van der Waals surface area (Å²) in [7, 11) is 1.68. The summed E-state index contributed by atoms with van der Waals surface area (Å²) in [5.74, 6) is -1.11. The summed E-state index contributed by atoms with van der Waals surface area (Å²) in [6, 6.07) is 7.85. The van der Waals surface area contributed by atoms with Gasteiger partial charge in [0.25, 0.3) is 0 Å². The van der Waals surface area contributed by atoms with Crippen LogP contribution in [-0.4, -0.2) is 23.1 Å². The highest BCUT2D eigenvalue weighted by Gasteiger charge is 2.16. The average molecular weight is 339 g/mol. The Morgan fingerprint density at radius 1 is 1.45 bits per heavy atom. The molecule has 20 heavy (non-hydrogen) atoms. The molecule has 2 aromatic rings. The normalized spacial score (nSPS) is 10.3. The van der Waals surface area contributed by atoms with Gasteiger partial charge in [0, 0.05) is 29.8 Å². The summed E-state index contributed by atoms with van der Waals surface area (Å²) in [5, 5.41) is 9.20. The van der Waals surface area contributed by atoms with E-state index in [9.17, 15) is 14.3 Å². The molecule has 0 radical (unpaired) electrons. The molecule has 0 saturated heterocycles. The largest absolute Gasteiger partial charge is 0.478 e. The standard InChI is InChI=1S/C14H12BrFN2O2/c1-18(8-9-4-2-3-5-12(9)16)13-11(14(19)20)6-10(15)7-17-13/h2-7H,8H2,1H3,(H,19,20). The molecule has 104 valence electrons. The number of hydrogen-bond donors (Lipinski definition) is 1. The van der Waals surface area contributed by atoms with Gasteiger partial charge in [0.1, 0.15) is 17.2 Å². The van der Waals surface area contributed by atoms with Crippen molar-refractivity contribution in [3.8, 4) is 0 Å². The quantitative estimate of drug-likeness (QED) is 0.929. The summed E-state index contributed by atoms with van der Waals surface area (Å²) < 4.78 is 14.2. The number of nitrogens with zero attached hydrogens (tertiary/aromatic N) is 2. The van der Waals surface area contributed by atoms with Gasteiger partial charge in [-0.1, -0.05) is 18.2 Å². The van der Waals surface area contributed by atoms with Gasteiger partial charge < -0.3 is 10.0 Å². The second kappa shape index (κ2) is 6.00. The SMILES string of the molecule is CN(Cc1ccccc1F)c1ncc(Br)cc1C(=O)O. The summed E-state index contributed by atoms with van der Waals surface area (Å²) in [5.41, 5.74) is 0.550. The molecule has 0 spiro atoms. The van der Waals surface area contributed by atoms with Crippen molar-refractivity contribution >= 4 is 27.7 Å². The molecule has 1 heterocycles. The lowest BCUT2D eigenvalue weighted by atomic mass is 10.2. The van der Waals surface area contributed by atoms with Gasteiger partial charge >= 0.3 is 5.97 Å². The maximum absolute atomic E-state index is 13.6. The fourth-order valence-corrected chi connectivity index (χ4v) is 2.18. The molecule has 0 fully saturated rings. The van der Waals surface area contributed by atoms with Crippen LogP contribution in [0.15, 0.2) is 41.0 Å². The molecule has 0 aliphatic rings. The van der Waals surface area contributed by atoms with E-state index in [0.29, 0.717) is 15.9 Å². The predicted octanol–water partition coefficient (Wildman–Crippen LogP) is 3.32. The van der Waals surface area contributed by atoms with Gasteiger partial charge in [0.15, 0.2) is 0 Å². The Morgan fingerprint density at radius 2 is 2.15 bits per heavy atom. The van der Waals surface area contributed by atoms with E-state index in [-0.39, 0.29) is 17.9 Å². The number of anilines is 1. The van der Waals surface area contributed by atoms with E-state index in [1.165, 1.54) is 18.3 Å². The first-order valence-corrected chi connectivity index (χ1v) is 6.61. The number of carbonyl (C=O) groups is 1. The Labute approximate surface area is 124 Å². The number of pyridine rings is 1. The van der Waals surface area contributed by atoms with Crippen LogP contribution < -0.4 is 4.90 Å². The van der Waals surface area contributed by atoms with E-state index in [2.05, 4.69) is 20.9 Å². The summed E-state index contributed by atoms with van der Waals surface area (Å²) in [6.45, 7) is 0.238. The second-order valence-electron chi connectivity index (χ2n) is 4.28. The van der Waals surface area contributed by atoms with Gasteiger partial charge in [-0.25, -0.2) is 14.2 Å². The highest BCUT2D eigenvalue weighted by Crippen LogP contribution is 2.22. The zero-order chi connectivity index (χ0) is 14.7. The van der Waals surface area contributed by atoms with Crippen molar-refractivity contribution in [3.05, 3.63) is 57.9 Å². The van der Waals surface area contributed by atoms with E-state index >= 15 is 0 Å². The number of carboxylic acids is 1. The summed E-state index contributed by atoms with van der Waals surface area (Å²) >= 11 is 3.19. The zero-order valence-electron chi connectivity index (χ0n) is 10.7. The maximum Gasteiger partial charge on any atom is 0.339 e. The van der Waals surface area contributed by atoms with Crippen molar-refractivity contribution in [3.63, 3.8) is 0 Å². The lowest BCUT2D eigenvalue weighted by molar-refractivity contribution is 0.0697. The minimum atomic E-state index is -1.07. The van der Waals surface area contributed by atoms with E-state index in [0.717, 1.165) is 0 Å². The number of aromatic nitrogens is 1. The number of halogens is 2. The molecule has 6 heteroatoms. The van der Waals surface area contributed by atoms with Gasteiger partial charge in [-0.3, -0.25) is 0 Å². The first-order chi connectivity index (χ1) is 9.49. The molecule has 1 aromatic carbocycles. The number of benzene rings is 1. The number of rotatable bonds is 4. The third-order valence-corrected chi connectivity index (χ3v) is 3.22. The lowest BCUT2D eigenvalue weighted by Crippen LogP contribution is -2.21. The molecule has 0 saturated carbocycles. The van der Waals surface area contributed by atoms with Gasteiger partial charge in [0.05, 0.1) is 0 Å². The fourth-order valence-electron chi connectivity index (χ4n) is 1.85. The Kier molecular flexibility index (Phi) is 4.34. The highest BCUT2D eigenvalue weighted by atomic mass is 79.9. The van der Waals surface area contributed by atoms with Gasteiger partial charge in [-0.15, -0.1) is 0 Å². The van der Waals surface area contributed by atoms with Crippen LogP contribution in [0.1, 0.15) is 15.9 Å². The van der Waals surface area contributed by atoms with Gasteiger partial charge in [-0.2, -0.15) is 0 Å². The zero-order valence-corrected chi connectivity index (χ0v) is 12.3. The maximum atomic E-state index is 13.6. The smallest absolute Gasteiger partial charge is 0.339 e. The van der Waals surface area contributed by atoms with Crippen LogP contribution in [0.5, 0.6) is 0 Å². The van der Waals surface area contributed by atoms with Crippen LogP contribution in [-0.2, 0) is 6.54 Å². The fraction of sp³-hybridized carbons (Fsp3) is 0.143. The topological polar surface area (TPSA) is 53.4 Å². The molecule has 0 amide bonds. The third-order valence-electron chi connectivity index (χ3n) is 2.79. The van der Waals surface area contributed by atoms with Crippen LogP contribution in [0.3, 0.4) is 0 Å². The molecular formula is C14H12BrFN2O2. The first kappa shape index (κ1) is 14.5. The molecule has 1 N–H and O–H groups in total.